The van der Waals surface area contributed by atoms with Crippen molar-refractivity contribution >= 4 is 58.0 Å². The highest BCUT2D eigenvalue weighted by Gasteiger charge is 2.21. The van der Waals surface area contributed by atoms with Crippen LogP contribution in [0.1, 0.15) is 23.7 Å². The van der Waals surface area contributed by atoms with Gasteiger partial charge in [-0.1, -0.05) is 41.7 Å². The summed E-state index contributed by atoms with van der Waals surface area (Å²) in [4.78, 5) is 28.2. The van der Waals surface area contributed by atoms with Gasteiger partial charge in [-0.3, -0.25) is 9.59 Å². The van der Waals surface area contributed by atoms with Crippen molar-refractivity contribution in [1.29, 1.82) is 0 Å². The van der Waals surface area contributed by atoms with Crippen molar-refractivity contribution in [3.63, 3.8) is 0 Å². The van der Waals surface area contributed by atoms with Crippen LogP contribution in [-0.2, 0) is 4.79 Å². The number of halogens is 3. The molecule has 2 aromatic carbocycles. The minimum Gasteiger partial charge on any atom is -0.367 e. The molecule has 1 aliphatic heterocycles. The zero-order valence-corrected chi connectivity index (χ0v) is 17.6. The molecule has 1 fully saturated rings. The highest BCUT2D eigenvalue weighted by Crippen LogP contribution is 2.30. The third kappa shape index (κ3) is 4.72. The second-order valence-corrected chi connectivity index (χ2v) is 7.69. The molecular formula is C20H20Cl3N3O2. The molecule has 0 radical (unpaired) electrons. The lowest BCUT2D eigenvalue weighted by molar-refractivity contribution is -0.131. The average molecular weight is 441 g/mol. The normalized spacial score (nSPS) is 14.1. The summed E-state index contributed by atoms with van der Waals surface area (Å²) >= 11 is 18.3. The molecule has 0 aliphatic carbocycles. The number of carbonyl (C=O) groups is 2. The summed E-state index contributed by atoms with van der Waals surface area (Å²) in [6.07, 6.45) is 0.522. The Morgan fingerprint density at radius 3 is 2.25 bits per heavy atom. The number of amides is 2. The van der Waals surface area contributed by atoms with Crippen molar-refractivity contribution in [2.75, 3.05) is 36.4 Å². The summed E-state index contributed by atoms with van der Waals surface area (Å²) < 4.78 is 0. The second kappa shape index (κ2) is 9.03. The zero-order valence-electron chi connectivity index (χ0n) is 15.3. The van der Waals surface area contributed by atoms with E-state index < -0.39 is 0 Å². The SMILES string of the molecule is CCC(=O)N1CCN(c2ccc(NC(=O)c3ccc(Cl)c(Cl)c3)cc2Cl)CC1. The minimum atomic E-state index is -0.297. The Morgan fingerprint density at radius 2 is 1.64 bits per heavy atom. The van der Waals surface area contributed by atoms with Gasteiger partial charge in [-0.25, -0.2) is 0 Å². The van der Waals surface area contributed by atoms with Gasteiger partial charge in [0.25, 0.3) is 5.91 Å². The lowest BCUT2D eigenvalue weighted by Gasteiger charge is -2.36. The quantitative estimate of drug-likeness (QED) is 0.731. The molecule has 8 heteroatoms. The van der Waals surface area contributed by atoms with E-state index >= 15 is 0 Å². The highest BCUT2D eigenvalue weighted by atomic mass is 35.5. The molecule has 0 aromatic heterocycles. The molecule has 1 aliphatic rings. The summed E-state index contributed by atoms with van der Waals surface area (Å²) in [5.74, 6) is -0.125. The fraction of sp³-hybridized carbons (Fsp3) is 0.300. The number of rotatable bonds is 4. The average Bonchev–Trinajstić information content (AvgIpc) is 2.69. The number of nitrogens with zero attached hydrogens (tertiary/aromatic N) is 2. The van der Waals surface area contributed by atoms with E-state index in [9.17, 15) is 9.59 Å². The molecule has 3 rings (SSSR count). The molecule has 1 N–H and O–H groups in total. The molecule has 1 heterocycles. The topological polar surface area (TPSA) is 52.7 Å². The summed E-state index contributed by atoms with van der Waals surface area (Å²) in [7, 11) is 0. The van der Waals surface area contributed by atoms with Gasteiger partial charge in [-0.15, -0.1) is 0 Å². The highest BCUT2D eigenvalue weighted by molar-refractivity contribution is 6.42. The predicted molar refractivity (Wildman–Crippen MR) is 115 cm³/mol. The van der Waals surface area contributed by atoms with Crippen LogP contribution < -0.4 is 10.2 Å². The van der Waals surface area contributed by atoms with E-state index in [0.29, 0.717) is 45.8 Å². The van der Waals surface area contributed by atoms with Crippen molar-refractivity contribution in [3.05, 3.63) is 57.0 Å². The number of benzene rings is 2. The molecule has 0 spiro atoms. The van der Waals surface area contributed by atoms with E-state index in [4.69, 9.17) is 34.8 Å². The van der Waals surface area contributed by atoms with Crippen LogP contribution in [0.5, 0.6) is 0 Å². The monoisotopic (exact) mass is 439 g/mol. The molecule has 1 saturated heterocycles. The predicted octanol–water partition coefficient (Wildman–Crippen LogP) is 4.96. The van der Waals surface area contributed by atoms with Gasteiger partial charge in [0.05, 0.1) is 20.8 Å². The van der Waals surface area contributed by atoms with Crippen molar-refractivity contribution in [3.8, 4) is 0 Å². The molecule has 148 valence electrons. The summed E-state index contributed by atoms with van der Waals surface area (Å²) in [5, 5.41) is 4.07. The Labute approximate surface area is 179 Å². The molecule has 28 heavy (non-hydrogen) atoms. The maximum atomic E-state index is 12.4. The van der Waals surface area contributed by atoms with Gasteiger partial charge in [0.2, 0.25) is 5.91 Å². The first kappa shape index (κ1) is 20.8. The maximum Gasteiger partial charge on any atom is 0.255 e. The molecule has 5 nitrogen and oxygen atoms in total. The Kier molecular flexibility index (Phi) is 6.70. The second-order valence-electron chi connectivity index (χ2n) is 6.47. The smallest absolute Gasteiger partial charge is 0.255 e. The van der Waals surface area contributed by atoms with Gasteiger partial charge in [-0.2, -0.15) is 0 Å². The zero-order chi connectivity index (χ0) is 20.3. The van der Waals surface area contributed by atoms with Gasteiger partial charge < -0.3 is 15.1 Å². The Balaban J connectivity index is 1.66. The number of nitrogens with one attached hydrogen (secondary N) is 1. The lowest BCUT2D eigenvalue weighted by atomic mass is 10.2. The number of hydrogen-bond acceptors (Lipinski definition) is 3. The summed E-state index contributed by atoms with van der Waals surface area (Å²) in [5.41, 5.74) is 1.88. The van der Waals surface area contributed by atoms with Crippen molar-refractivity contribution in [2.24, 2.45) is 0 Å². The minimum absolute atomic E-state index is 0.172. The van der Waals surface area contributed by atoms with Crippen LogP contribution in [0.3, 0.4) is 0 Å². The maximum absolute atomic E-state index is 12.4. The molecular weight excluding hydrogens is 421 g/mol. The van der Waals surface area contributed by atoms with E-state index in [-0.39, 0.29) is 11.8 Å². The third-order valence-corrected chi connectivity index (χ3v) is 5.70. The first-order chi connectivity index (χ1) is 13.4. The molecule has 0 atom stereocenters. The van der Waals surface area contributed by atoms with Crippen LogP contribution in [-0.4, -0.2) is 42.9 Å². The van der Waals surface area contributed by atoms with Crippen molar-refractivity contribution in [1.82, 2.24) is 4.90 Å². The first-order valence-corrected chi connectivity index (χ1v) is 10.1. The number of anilines is 2. The number of hydrogen-bond donors (Lipinski definition) is 1. The van der Waals surface area contributed by atoms with Gasteiger partial charge in [0, 0.05) is 43.9 Å². The van der Waals surface area contributed by atoms with Crippen LogP contribution in [0.25, 0.3) is 0 Å². The van der Waals surface area contributed by atoms with Crippen molar-refractivity contribution in [2.45, 2.75) is 13.3 Å². The Morgan fingerprint density at radius 1 is 0.929 bits per heavy atom. The van der Waals surface area contributed by atoms with Crippen molar-refractivity contribution < 1.29 is 9.59 Å². The van der Waals surface area contributed by atoms with Gasteiger partial charge in [-0.05, 0) is 36.4 Å². The van der Waals surface area contributed by atoms with E-state index in [1.54, 1.807) is 24.3 Å². The van der Waals surface area contributed by atoms with E-state index in [1.165, 1.54) is 6.07 Å². The van der Waals surface area contributed by atoms with E-state index in [2.05, 4.69) is 10.2 Å². The Bertz CT molecular complexity index is 896. The lowest BCUT2D eigenvalue weighted by Crippen LogP contribution is -2.48. The van der Waals surface area contributed by atoms with Crippen LogP contribution in [0.15, 0.2) is 36.4 Å². The van der Waals surface area contributed by atoms with Crippen LogP contribution >= 0.6 is 34.8 Å². The van der Waals surface area contributed by atoms with Gasteiger partial charge in [0.1, 0.15) is 0 Å². The fourth-order valence-corrected chi connectivity index (χ4v) is 3.70. The van der Waals surface area contributed by atoms with Gasteiger partial charge in [0.15, 0.2) is 0 Å². The fourth-order valence-electron chi connectivity index (χ4n) is 3.10. The first-order valence-electron chi connectivity index (χ1n) is 8.97. The summed E-state index contributed by atoms with van der Waals surface area (Å²) in [6.45, 7) is 4.68. The molecule has 0 saturated carbocycles. The standard InChI is InChI=1S/C20H20Cl3N3O2/c1-2-19(27)26-9-7-25(8-10-26)18-6-4-14(12-17(18)23)24-20(28)13-3-5-15(21)16(22)11-13/h3-6,11-12H,2,7-10H2,1H3,(H,24,28). The molecule has 0 bridgehead atoms. The van der Waals surface area contributed by atoms with Crippen LogP contribution in [0.4, 0.5) is 11.4 Å². The van der Waals surface area contributed by atoms with Gasteiger partial charge >= 0.3 is 0 Å². The third-order valence-electron chi connectivity index (χ3n) is 4.66. The van der Waals surface area contributed by atoms with Crippen LogP contribution in [0, 0.1) is 0 Å². The number of piperazine rings is 1. The van der Waals surface area contributed by atoms with Crippen LogP contribution in [0.2, 0.25) is 15.1 Å². The largest absolute Gasteiger partial charge is 0.367 e. The Hall–Kier alpha value is -1.95. The molecule has 2 aromatic rings. The van der Waals surface area contributed by atoms with E-state index in [1.807, 2.05) is 17.9 Å². The molecule has 0 unspecified atom stereocenters. The van der Waals surface area contributed by atoms with E-state index in [0.717, 1.165) is 18.8 Å². The molecule has 2 amide bonds. The summed E-state index contributed by atoms with van der Waals surface area (Å²) in [6, 6.07) is 10.1. The number of carbonyl (C=O) groups excluding carboxylic acids is 2.